The first kappa shape index (κ1) is 9.85. The Balaban J connectivity index is 3.00. The predicted molar refractivity (Wildman–Crippen MR) is 46.4 cm³/mol. The number of hydrogen-bond donors (Lipinski definition) is 1. The van der Waals surface area contributed by atoms with E-state index in [-0.39, 0.29) is 11.8 Å². The molecule has 5 heteroatoms. The van der Waals surface area contributed by atoms with Crippen LogP contribution in [-0.2, 0) is 0 Å². The third-order valence-electron chi connectivity index (χ3n) is 2.02. The van der Waals surface area contributed by atoms with Gasteiger partial charge in [0, 0.05) is 6.92 Å². The maximum absolute atomic E-state index is 11.1. The monoisotopic (exact) mass is 183 g/mol. The normalized spacial score (nSPS) is 15.4. The Kier molecular flexibility index (Phi) is 2.77. The molecule has 13 heavy (non-hydrogen) atoms. The van der Waals surface area contributed by atoms with Crippen LogP contribution in [0.2, 0.25) is 0 Å². The van der Waals surface area contributed by atoms with Gasteiger partial charge in [0.1, 0.15) is 5.69 Å². The van der Waals surface area contributed by atoms with E-state index >= 15 is 0 Å². The number of hydrogen-bond acceptors (Lipinski definition) is 4. The van der Waals surface area contributed by atoms with Gasteiger partial charge in [-0.25, -0.2) is 4.68 Å². The van der Waals surface area contributed by atoms with Gasteiger partial charge >= 0.3 is 0 Å². The number of rotatable bonds is 3. The molecule has 0 radical (unpaired) electrons. The Labute approximate surface area is 76.4 Å². The van der Waals surface area contributed by atoms with Gasteiger partial charge in [0.2, 0.25) is 0 Å². The molecule has 2 atom stereocenters. The number of carbonyl (C=O) groups excluding carboxylic acids is 1. The molecule has 2 unspecified atom stereocenters. The summed E-state index contributed by atoms with van der Waals surface area (Å²) >= 11 is 0. The van der Waals surface area contributed by atoms with Crippen LogP contribution < -0.4 is 0 Å². The van der Waals surface area contributed by atoms with Gasteiger partial charge in [-0.1, -0.05) is 5.21 Å². The highest BCUT2D eigenvalue weighted by Crippen LogP contribution is 2.11. The lowest BCUT2D eigenvalue weighted by molar-refractivity contribution is 0.0980. The maximum Gasteiger partial charge on any atom is 0.179 e. The van der Waals surface area contributed by atoms with Gasteiger partial charge in [0.15, 0.2) is 5.78 Å². The zero-order chi connectivity index (χ0) is 10.0. The number of ketones is 1. The summed E-state index contributed by atoms with van der Waals surface area (Å²) < 4.78 is 1.44. The second-order valence-corrected chi connectivity index (χ2v) is 3.10. The number of aromatic nitrogens is 3. The highest BCUT2D eigenvalue weighted by atomic mass is 16.3. The molecule has 0 aromatic carbocycles. The molecule has 0 amide bonds. The second kappa shape index (κ2) is 3.66. The molecule has 5 nitrogen and oxygen atoms in total. The van der Waals surface area contributed by atoms with Gasteiger partial charge in [0.05, 0.1) is 18.3 Å². The Morgan fingerprint density at radius 1 is 1.62 bits per heavy atom. The van der Waals surface area contributed by atoms with Crippen LogP contribution in [0.1, 0.15) is 37.3 Å². The van der Waals surface area contributed by atoms with Crippen molar-refractivity contribution < 1.29 is 9.90 Å². The minimum Gasteiger partial charge on any atom is -0.391 e. The number of aliphatic hydroxyl groups excluding tert-OH is 1. The van der Waals surface area contributed by atoms with Crippen molar-refractivity contribution in [2.75, 3.05) is 0 Å². The molecule has 0 aliphatic heterocycles. The Morgan fingerprint density at radius 3 is 2.69 bits per heavy atom. The van der Waals surface area contributed by atoms with E-state index in [4.69, 9.17) is 0 Å². The van der Waals surface area contributed by atoms with Crippen molar-refractivity contribution >= 4 is 5.78 Å². The van der Waals surface area contributed by atoms with Crippen LogP contribution in [0.5, 0.6) is 0 Å². The molecule has 1 aromatic heterocycles. The average molecular weight is 183 g/mol. The Bertz CT molecular complexity index is 306. The minimum absolute atomic E-state index is 0.0995. The van der Waals surface area contributed by atoms with Crippen molar-refractivity contribution in [3.8, 4) is 0 Å². The van der Waals surface area contributed by atoms with Crippen LogP contribution in [-0.4, -0.2) is 32.0 Å². The summed E-state index contributed by atoms with van der Waals surface area (Å²) in [4.78, 5) is 11.1. The molecule has 1 aromatic rings. The van der Waals surface area contributed by atoms with E-state index in [0.717, 1.165) is 0 Å². The summed E-state index contributed by atoms with van der Waals surface area (Å²) in [6, 6.07) is -0.235. The summed E-state index contributed by atoms with van der Waals surface area (Å²) in [6.07, 6.45) is 0.848. The molecule has 0 bridgehead atoms. The van der Waals surface area contributed by atoms with Crippen LogP contribution in [0, 0.1) is 0 Å². The SMILES string of the molecule is CC(=O)c1cnnn1C(C)C(C)O. The van der Waals surface area contributed by atoms with E-state index in [1.807, 2.05) is 0 Å². The third-order valence-corrected chi connectivity index (χ3v) is 2.02. The van der Waals surface area contributed by atoms with Gasteiger partial charge in [0.25, 0.3) is 0 Å². The maximum atomic E-state index is 11.1. The lowest BCUT2D eigenvalue weighted by atomic mass is 10.2. The van der Waals surface area contributed by atoms with Gasteiger partial charge in [-0.05, 0) is 13.8 Å². The molecule has 0 spiro atoms. The largest absolute Gasteiger partial charge is 0.391 e. The molecule has 72 valence electrons. The van der Waals surface area contributed by atoms with Crippen LogP contribution in [0.25, 0.3) is 0 Å². The van der Waals surface area contributed by atoms with Crippen molar-refractivity contribution in [2.24, 2.45) is 0 Å². The fourth-order valence-electron chi connectivity index (χ4n) is 1.00. The standard InChI is InChI=1S/C8H13N3O2/c1-5(6(2)12)11-8(7(3)13)4-9-10-11/h4-6,12H,1-3H3. The lowest BCUT2D eigenvalue weighted by Gasteiger charge is -2.15. The van der Waals surface area contributed by atoms with E-state index in [0.29, 0.717) is 5.69 Å². The van der Waals surface area contributed by atoms with Crippen LogP contribution in [0.4, 0.5) is 0 Å². The van der Waals surface area contributed by atoms with Crippen LogP contribution in [0.3, 0.4) is 0 Å². The zero-order valence-corrected chi connectivity index (χ0v) is 7.93. The molecule has 1 heterocycles. The summed E-state index contributed by atoms with van der Waals surface area (Å²) in [5, 5.41) is 16.7. The summed E-state index contributed by atoms with van der Waals surface area (Å²) in [7, 11) is 0. The third kappa shape index (κ3) is 1.92. The highest BCUT2D eigenvalue weighted by molar-refractivity contribution is 5.91. The average Bonchev–Trinajstić information content (AvgIpc) is 2.50. The fourth-order valence-corrected chi connectivity index (χ4v) is 1.00. The van der Waals surface area contributed by atoms with E-state index in [1.165, 1.54) is 17.8 Å². The zero-order valence-electron chi connectivity index (χ0n) is 7.93. The summed E-state index contributed by atoms with van der Waals surface area (Å²) in [6.45, 7) is 4.88. The fraction of sp³-hybridized carbons (Fsp3) is 0.625. The van der Waals surface area contributed by atoms with Gasteiger partial charge in [-0.2, -0.15) is 0 Å². The Morgan fingerprint density at radius 2 is 2.23 bits per heavy atom. The van der Waals surface area contributed by atoms with E-state index in [2.05, 4.69) is 10.3 Å². The molecule has 0 aliphatic carbocycles. The number of Topliss-reactive ketones (excluding diaryl/α,β-unsaturated/α-hetero) is 1. The van der Waals surface area contributed by atoms with Gasteiger partial charge in [-0.15, -0.1) is 5.10 Å². The topological polar surface area (TPSA) is 68.0 Å². The number of aliphatic hydroxyl groups is 1. The first-order valence-corrected chi connectivity index (χ1v) is 4.13. The molecular formula is C8H13N3O2. The van der Waals surface area contributed by atoms with Crippen molar-refractivity contribution in [1.82, 2.24) is 15.0 Å². The lowest BCUT2D eigenvalue weighted by Crippen LogP contribution is -2.22. The first-order valence-electron chi connectivity index (χ1n) is 4.13. The summed E-state index contributed by atoms with van der Waals surface area (Å²) in [5.41, 5.74) is 0.424. The van der Waals surface area contributed by atoms with Gasteiger partial charge in [-0.3, -0.25) is 4.79 Å². The van der Waals surface area contributed by atoms with Gasteiger partial charge < -0.3 is 5.11 Å². The quantitative estimate of drug-likeness (QED) is 0.690. The molecular weight excluding hydrogens is 170 g/mol. The smallest absolute Gasteiger partial charge is 0.179 e. The highest BCUT2D eigenvalue weighted by Gasteiger charge is 2.17. The number of nitrogens with zero attached hydrogens (tertiary/aromatic N) is 3. The van der Waals surface area contributed by atoms with Crippen molar-refractivity contribution in [2.45, 2.75) is 32.9 Å². The van der Waals surface area contributed by atoms with Crippen molar-refractivity contribution in [1.29, 1.82) is 0 Å². The van der Waals surface area contributed by atoms with Crippen molar-refractivity contribution in [3.05, 3.63) is 11.9 Å². The van der Waals surface area contributed by atoms with E-state index in [9.17, 15) is 9.90 Å². The summed E-state index contributed by atoms with van der Waals surface area (Å²) in [5.74, 6) is -0.0995. The predicted octanol–water partition coefficient (Wildman–Crippen LogP) is 0.422. The molecule has 0 aliphatic rings. The number of carbonyl (C=O) groups is 1. The second-order valence-electron chi connectivity index (χ2n) is 3.10. The molecule has 0 saturated carbocycles. The van der Waals surface area contributed by atoms with Crippen molar-refractivity contribution in [3.63, 3.8) is 0 Å². The van der Waals surface area contributed by atoms with Crippen LogP contribution >= 0.6 is 0 Å². The molecule has 1 rings (SSSR count). The Hall–Kier alpha value is -1.23. The molecule has 0 fully saturated rings. The van der Waals surface area contributed by atoms with E-state index in [1.54, 1.807) is 13.8 Å². The minimum atomic E-state index is -0.556. The van der Waals surface area contributed by atoms with E-state index < -0.39 is 6.10 Å². The molecule has 1 N–H and O–H groups in total. The first-order chi connectivity index (χ1) is 6.04. The van der Waals surface area contributed by atoms with Crippen LogP contribution in [0.15, 0.2) is 6.20 Å². The molecule has 0 saturated heterocycles.